The highest BCUT2D eigenvalue weighted by atomic mass is 127. The van der Waals surface area contributed by atoms with Crippen LogP contribution in [0.25, 0.3) is 0 Å². The molecule has 0 unspecified atom stereocenters. The van der Waals surface area contributed by atoms with Gasteiger partial charge in [0.25, 0.3) is 0 Å². The summed E-state index contributed by atoms with van der Waals surface area (Å²) in [6, 6.07) is 0.318. The predicted molar refractivity (Wildman–Crippen MR) is 57.7 cm³/mol. The number of halogens is 7. The highest BCUT2D eigenvalue weighted by Gasteiger charge is 2.40. The Kier molecular flexibility index (Phi) is 3.84. The molecule has 0 aliphatic rings. The molecule has 0 aliphatic carbocycles. The molecule has 0 fully saturated rings. The van der Waals surface area contributed by atoms with E-state index in [1.165, 1.54) is 22.6 Å². The monoisotopic (exact) mass is 383 g/mol. The van der Waals surface area contributed by atoms with Gasteiger partial charge >= 0.3 is 12.4 Å². The average Bonchev–Trinajstić information content (AvgIpc) is 2.12. The maximum Gasteiger partial charge on any atom is 0.417 e. The lowest BCUT2D eigenvalue weighted by Crippen LogP contribution is -2.22. The lowest BCUT2D eigenvalue weighted by molar-refractivity contribution is -0.143. The molecular formula is C9H4F6INO. The number of benzene rings is 1. The Morgan fingerprint density at radius 1 is 1.06 bits per heavy atom. The van der Waals surface area contributed by atoms with Crippen LogP contribution in [0.1, 0.15) is 21.5 Å². The van der Waals surface area contributed by atoms with Gasteiger partial charge < -0.3 is 5.73 Å². The van der Waals surface area contributed by atoms with E-state index in [-0.39, 0.29) is 6.07 Å². The molecule has 100 valence electrons. The number of carbonyl (C=O) groups excluding carboxylic acids is 1. The second-order valence-electron chi connectivity index (χ2n) is 3.24. The molecule has 1 rings (SSSR count). The summed E-state index contributed by atoms with van der Waals surface area (Å²) in [6.07, 6.45) is -10.0. The maximum atomic E-state index is 12.6. The van der Waals surface area contributed by atoms with E-state index in [2.05, 4.69) is 0 Å². The Morgan fingerprint density at radius 3 is 1.89 bits per heavy atom. The third kappa shape index (κ3) is 3.06. The molecule has 1 amide bonds. The van der Waals surface area contributed by atoms with Crippen molar-refractivity contribution in [3.05, 3.63) is 32.4 Å². The summed E-state index contributed by atoms with van der Waals surface area (Å²) in [7, 11) is 0. The number of nitrogens with two attached hydrogens (primary N) is 1. The van der Waals surface area contributed by atoms with Gasteiger partial charge in [-0.3, -0.25) is 4.79 Å². The van der Waals surface area contributed by atoms with Gasteiger partial charge in [0.1, 0.15) is 0 Å². The Bertz CT molecular complexity index is 493. The van der Waals surface area contributed by atoms with Crippen molar-refractivity contribution in [2.75, 3.05) is 0 Å². The van der Waals surface area contributed by atoms with E-state index in [9.17, 15) is 31.1 Å². The van der Waals surface area contributed by atoms with Gasteiger partial charge in [0.15, 0.2) is 0 Å². The lowest BCUT2D eigenvalue weighted by atomic mass is 10.0. The molecule has 0 bridgehead atoms. The standard InChI is InChI=1S/C9H4F6INO/c10-8(11,12)3-1-4(9(13,14)15)6(7(17)18)5(16)2-3/h1-2H,(H2,17,18). The molecule has 1 aromatic carbocycles. The van der Waals surface area contributed by atoms with Crippen LogP contribution in [0.3, 0.4) is 0 Å². The summed E-state index contributed by atoms with van der Waals surface area (Å²) in [5, 5.41) is 0. The van der Waals surface area contributed by atoms with E-state index in [4.69, 9.17) is 5.73 Å². The molecule has 18 heavy (non-hydrogen) atoms. The summed E-state index contributed by atoms with van der Waals surface area (Å²) in [6.45, 7) is 0. The van der Waals surface area contributed by atoms with Crippen molar-refractivity contribution < 1.29 is 31.1 Å². The van der Waals surface area contributed by atoms with Crippen LogP contribution in [0, 0.1) is 3.57 Å². The van der Waals surface area contributed by atoms with Crippen molar-refractivity contribution >= 4 is 28.5 Å². The smallest absolute Gasteiger partial charge is 0.366 e. The Hall–Kier alpha value is -1.00. The number of primary amides is 1. The van der Waals surface area contributed by atoms with Gasteiger partial charge in [-0.2, -0.15) is 26.3 Å². The van der Waals surface area contributed by atoms with Gasteiger partial charge in [-0.25, -0.2) is 0 Å². The first-order valence-electron chi connectivity index (χ1n) is 4.22. The molecule has 0 atom stereocenters. The molecule has 0 spiro atoms. The number of alkyl halides is 6. The van der Waals surface area contributed by atoms with Crippen LogP contribution >= 0.6 is 22.6 Å². The minimum atomic E-state index is -5.09. The number of carbonyl (C=O) groups is 1. The third-order valence-corrected chi connectivity index (χ3v) is 2.82. The van der Waals surface area contributed by atoms with Gasteiger partial charge in [0, 0.05) is 3.57 Å². The zero-order valence-corrected chi connectivity index (χ0v) is 10.4. The molecular weight excluding hydrogens is 379 g/mol. The highest BCUT2D eigenvalue weighted by Crippen LogP contribution is 2.39. The quantitative estimate of drug-likeness (QED) is 0.586. The van der Waals surface area contributed by atoms with E-state index in [0.29, 0.717) is 6.07 Å². The van der Waals surface area contributed by atoms with Crippen molar-refractivity contribution in [1.29, 1.82) is 0 Å². The van der Waals surface area contributed by atoms with Gasteiger partial charge in [-0.1, -0.05) is 0 Å². The average molecular weight is 383 g/mol. The maximum absolute atomic E-state index is 12.6. The van der Waals surface area contributed by atoms with Crippen LogP contribution < -0.4 is 5.73 Å². The molecule has 0 saturated carbocycles. The number of amides is 1. The normalized spacial score (nSPS) is 12.6. The van der Waals surface area contributed by atoms with Gasteiger partial charge in [-0.15, -0.1) is 0 Å². The fraction of sp³-hybridized carbons (Fsp3) is 0.222. The van der Waals surface area contributed by atoms with E-state index in [1.807, 2.05) is 0 Å². The van der Waals surface area contributed by atoms with Gasteiger partial charge in [0.2, 0.25) is 5.91 Å². The second kappa shape index (κ2) is 4.59. The first-order valence-corrected chi connectivity index (χ1v) is 5.30. The van der Waals surface area contributed by atoms with Gasteiger partial charge in [-0.05, 0) is 34.7 Å². The Balaban J connectivity index is 3.64. The van der Waals surface area contributed by atoms with Crippen LogP contribution in [0.15, 0.2) is 12.1 Å². The molecule has 0 saturated heterocycles. The van der Waals surface area contributed by atoms with E-state index in [0.717, 1.165) is 0 Å². The predicted octanol–water partition coefficient (Wildman–Crippen LogP) is 3.43. The number of rotatable bonds is 1. The zero-order valence-electron chi connectivity index (χ0n) is 8.29. The highest BCUT2D eigenvalue weighted by molar-refractivity contribution is 14.1. The van der Waals surface area contributed by atoms with Crippen LogP contribution in [0.2, 0.25) is 0 Å². The van der Waals surface area contributed by atoms with Crippen LogP contribution in [0.5, 0.6) is 0 Å². The molecule has 0 aromatic heterocycles. The molecule has 2 N–H and O–H groups in total. The van der Waals surface area contributed by atoms with E-state index < -0.39 is 38.5 Å². The summed E-state index contributed by atoms with van der Waals surface area (Å²) in [4.78, 5) is 10.9. The third-order valence-electron chi connectivity index (χ3n) is 1.97. The van der Waals surface area contributed by atoms with Crippen molar-refractivity contribution in [3.8, 4) is 0 Å². The molecule has 2 nitrogen and oxygen atoms in total. The van der Waals surface area contributed by atoms with Crippen LogP contribution in [-0.2, 0) is 12.4 Å². The zero-order chi connectivity index (χ0) is 14.3. The fourth-order valence-electron chi connectivity index (χ4n) is 1.24. The van der Waals surface area contributed by atoms with Crippen LogP contribution in [0.4, 0.5) is 26.3 Å². The number of hydrogen-bond donors (Lipinski definition) is 1. The SMILES string of the molecule is NC(=O)c1c(I)cc(C(F)(F)F)cc1C(F)(F)F. The minimum absolute atomic E-state index is 0.123. The van der Waals surface area contributed by atoms with Crippen molar-refractivity contribution in [3.63, 3.8) is 0 Å². The first-order chi connectivity index (χ1) is 7.94. The molecule has 9 heteroatoms. The van der Waals surface area contributed by atoms with Gasteiger partial charge in [0.05, 0.1) is 16.7 Å². The summed E-state index contributed by atoms with van der Waals surface area (Å²) >= 11 is 1.21. The van der Waals surface area contributed by atoms with Crippen molar-refractivity contribution in [1.82, 2.24) is 0 Å². The summed E-state index contributed by atoms with van der Waals surface area (Å²) < 4.78 is 74.4. The van der Waals surface area contributed by atoms with E-state index in [1.54, 1.807) is 0 Å². The molecule has 0 aliphatic heterocycles. The lowest BCUT2D eigenvalue weighted by Gasteiger charge is -2.15. The topological polar surface area (TPSA) is 43.1 Å². The molecule has 1 aromatic rings. The summed E-state index contributed by atoms with van der Waals surface area (Å²) in [5.74, 6) is -1.43. The number of hydrogen-bond acceptors (Lipinski definition) is 1. The molecule has 0 heterocycles. The second-order valence-corrected chi connectivity index (χ2v) is 4.40. The fourth-order valence-corrected chi connectivity index (χ4v) is 2.14. The molecule has 0 radical (unpaired) electrons. The van der Waals surface area contributed by atoms with E-state index >= 15 is 0 Å². The Morgan fingerprint density at radius 2 is 1.56 bits per heavy atom. The van der Waals surface area contributed by atoms with Crippen LogP contribution in [-0.4, -0.2) is 5.91 Å². The largest absolute Gasteiger partial charge is 0.417 e. The van der Waals surface area contributed by atoms with Crippen molar-refractivity contribution in [2.45, 2.75) is 12.4 Å². The van der Waals surface area contributed by atoms with Crippen molar-refractivity contribution in [2.24, 2.45) is 5.73 Å². The summed E-state index contributed by atoms with van der Waals surface area (Å²) in [5.41, 5.74) is 0.616. The Labute approximate surface area is 110 Å². The first kappa shape index (κ1) is 15.1. The minimum Gasteiger partial charge on any atom is -0.366 e.